The first-order valence-electron chi connectivity index (χ1n) is 4.76. The van der Waals surface area contributed by atoms with E-state index in [-0.39, 0.29) is 12.1 Å². The van der Waals surface area contributed by atoms with Crippen molar-refractivity contribution in [2.45, 2.75) is 50.6 Å². The molecule has 5 heteroatoms. The number of rotatable bonds is 4. The average Bonchev–Trinajstić information content (AvgIpc) is 1.91. The Kier molecular flexibility index (Phi) is 3.78. The van der Waals surface area contributed by atoms with E-state index in [1.54, 1.807) is 14.0 Å². The Morgan fingerprint density at radius 3 is 2.43 bits per heavy atom. The summed E-state index contributed by atoms with van der Waals surface area (Å²) >= 11 is 0. The van der Waals surface area contributed by atoms with E-state index >= 15 is 0 Å². The summed E-state index contributed by atoms with van der Waals surface area (Å²) in [7, 11) is 1.63. The molecule has 1 saturated carbocycles. The van der Waals surface area contributed by atoms with Crippen LogP contribution < -0.4 is 5.32 Å². The second kappa shape index (κ2) is 4.49. The molecule has 1 unspecified atom stereocenters. The van der Waals surface area contributed by atoms with E-state index in [0.29, 0.717) is 0 Å². The lowest BCUT2D eigenvalue weighted by molar-refractivity contribution is -0.140. The van der Waals surface area contributed by atoms with Gasteiger partial charge in [-0.3, -0.25) is 0 Å². The highest BCUT2D eigenvalue weighted by atomic mass is 19.4. The Hall–Kier alpha value is -0.290. The summed E-state index contributed by atoms with van der Waals surface area (Å²) in [5.74, 6) is 0. The van der Waals surface area contributed by atoms with Gasteiger partial charge in [-0.25, -0.2) is 0 Å². The van der Waals surface area contributed by atoms with Gasteiger partial charge in [0.2, 0.25) is 0 Å². The Bertz CT molecular complexity index is 177. The van der Waals surface area contributed by atoms with Gasteiger partial charge in [0.05, 0.1) is 12.5 Å². The summed E-state index contributed by atoms with van der Waals surface area (Å²) in [6.07, 6.45) is -2.97. The molecule has 0 saturated heterocycles. The van der Waals surface area contributed by atoms with Crippen LogP contribution in [-0.4, -0.2) is 31.5 Å². The molecular formula is C9H16F3NO. The SMILES string of the molecule is COC1CC(NC(C)CC(F)(F)F)C1. The van der Waals surface area contributed by atoms with Gasteiger partial charge in [-0.1, -0.05) is 0 Å². The molecule has 84 valence electrons. The van der Waals surface area contributed by atoms with Crippen LogP contribution in [-0.2, 0) is 4.74 Å². The molecular weight excluding hydrogens is 195 g/mol. The smallest absolute Gasteiger partial charge is 0.381 e. The zero-order valence-corrected chi connectivity index (χ0v) is 8.40. The summed E-state index contributed by atoms with van der Waals surface area (Å²) in [6.45, 7) is 1.56. The summed E-state index contributed by atoms with van der Waals surface area (Å²) < 4.78 is 40.9. The molecule has 0 radical (unpaired) electrons. The molecule has 0 amide bonds. The monoisotopic (exact) mass is 211 g/mol. The Labute approximate surface area is 81.8 Å². The van der Waals surface area contributed by atoms with Gasteiger partial charge >= 0.3 is 6.18 Å². The van der Waals surface area contributed by atoms with E-state index in [0.717, 1.165) is 12.8 Å². The standard InChI is InChI=1S/C9H16F3NO/c1-6(5-9(10,11)12)13-7-3-8(4-7)14-2/h6-8,13H,3-5H2,1-2H3. The summed E-state index contributed by atoms with van der Waals surface area (Å²) in [6, 6.07) is -0.310. The fourth-order valence-corrected chi connectivity index (χ4v) is 1.70. The topological polar surface area (TPSA) is 21.3 Å². The first-order chi connectivity index (χ1) is 6.40. The lowest BCUT2D eigenvalue weighted by Gasteiger charge is -2.36. The molecule has 0 bridgehead atoms. The maximum Gasteiger partial charge on any atom is 0.390 e. The molecule has 2 nitrogen and oxygen atoms in total. The molecule has 0 heterocycles. The Morgan fingerprint density at radius 1 is 1.43 bits per heavy atom. The van der Waals surface area contributed by atoms with Crippen LogP contribution in [0.3, 0.4) is 0 Å². The van der Waals surface area contributed by atoms with Crippen molar-refractivity contribution in [1.82, 2.24) is 5.32 Å². The minimum absolute atomic E-state index is 0.192. The van der Waals surface area contributed by atoms with Crippen LogP contribution in [0.25, 0.3) is 0 Å². The molecule has 1 N–H and O–H groups in total. The van der Waals surface area contributed by atoms with Gasteiger partial charge in [-0.05, 0) is 19.8 Å². The Morgan fingerprint density at radius 2 is 2.00 bits per heavy atom. The quantitative estimate of drug-likeness (QED) is 0.768. The van der Waals surface area contributed by atoms with Crippen LogP contribution in [0.2, 0.25) is 0 Å². The molecule has 0 spiro atoms. The number of alkyl halides is 3. The predicted octanol–water partition coefficient (Wildman–Crippen LogP) is 2.09. The van der Waals surface area contributed by atoms with Crippen molar-refractivity contribution in [3.63, 3.8) is 0 Å². The zero-order valence-electron chi connectivity index (χ0n) is 8.40. The van der Waals surface area contributed by atoms with Crippen LogP contribution >= 0.6 is 0 Å². The van der Waals surface area contributed by atoms with Gasteiger partial charge in [0.15, 0.2) is 0 Å². The second-order valence-corrected chi connectivity index (χ2v) is 3.91. The minimum Gasteiger partial charge on any atom is -0.381 e. The highest BCUT2D eigenvalue weighted by Crippen LogP contribution is 2.26. The molecule has 1 atom stereocenters. The molecule has 0 aromatic carbocycles. The number of hydrogen-bond donors (Lipinski definition) is 1. The van der Waals surface area contributed by atoms with Gasteiger partial charge in [0.25, 0.3) is 0 Å². The first kappa shape index (κ1) is 11.8. The lowest BCUT2D eigenvalue weighted by atomic mass is 9.88. The number of hydrogen-bond acceptors (Lipinski definition) is 2. The van der Waals surface area contributed by atoms with E-state index < -0.39 is 18.6 Å². The summed E-state index contributed by atoms with van der Waals surface area (Å²) in [5, 5.41) is 2.94. The fraction of sp³-hybridized carbons (Fsp3) is 1.00. The van der Waals surface area contributed by atoms with Gasteiger partial charge in [0.1, 0.15) is 0 Å². The minimum atomic E-state index is -4.07. The van der Waals surface area contributed by atoms with Crippen molar-refractivity contribution in [3.8, 4) is 0 Å². The largest absolute Gasteiger partial charge is 0.390 e. The van der Waals surface area contributed by atoms with Gasteiger partial charge < -0.3 is 10.1 Å². The summed E-state index contributed by atoms with van der Waals surface area (Å²) in [5.41, 5.74) is 0. The summed E-state index contributed by atoms with van der Waals surface area (Å²) in [4.78, 5) is 0. The molecule has 0 aromatic heterocycles. The second-order valence-electron chi connectivity index (χ2n) is 3.91. The van der Waals surface area contributed by atoms with E-state index in [2.05, 4.69) is 5.32 Å². The molecule has 1 aliphatic rings. The first-order valence-corrected chi connectivity index (χ1v) is 4.76. The lowest BCUT2D eigenvalue weighted by Crippen LogP contribution is -2.49. The van der Waals surface area contributed by atoms with Crippen LogP contribution in [0.1, 0.15) is 26.2 Å². The van der Waals surface area contributed by atoms with Crippen molar-refractivity contribution < 1.29 is 17.9 Å². The van der Waals surface area contributed by atoms with Crippen LogP contribution in [0.15, 0.2) is 0 Å². The third kappa shape index (κ3) is 3.84. The van der Waals surface area contributed by atoms with Crippen LogP contribution in [0, 0.1) is 0 Å². The maximum absolute atomic E-state index is 12.0. The number of halogens is 3. The van der Waals surface area contributed by atoms with Gasteiger partial charge in [-0.15, -0.1) is 0 Å². The Balaban J connectivity index is 2.13. The molecule has 0 aromatic rings. The van der Waals surface area contributed by atoms with Crippen molar-refractivity contribution >= 4 is 0 Å². The van der Waals surface area contributed by atoms with Crippen LogP contribution in [0.5, 0.6) is 0 Å². The molecule has 1 fully saturated rings. The maximum atomic E-state index is 12.0. The molecule has 1 rings (SSSR count). The van der Waals surface area contributed by atoms with Crippen molar-refractivity contribution in [3.05, 3.63) is 0 Å². The normalized spacial score (nSPS) is 29.8. The van der Waals surface area contributed by atoms with Crippen LogP contribution in [0.4, 0.5) is 13.2 Å². The number of nitrogens with one attached hydrogen (secondary N) is 1. The van der Waals surface area contributed by atoms with Crippen molar-refractivity contribution in [2.24, 2.45) is 0 Å². The molecule has 1 aliphatic carbocycles. The molecule has 0 aliphatic heterocycles. The van der Waals surface area contributed by atoms with E-state index in [4.69, 9.17) is 4.74 Å². The third-order valence-corrected chi connectivity index (χ3v) is 2.49. The van der Waals surface area contributed by atoms with Crippen molar-refractivity contribution in [2.75, 3.05) is 7.11 Å². The number of ether oxygens (including phenoxy) is 1. The van der Waals surface area contributed by atoms with Crippen molar-refractivity contribution in [1.29, 1.82) is 0 Å². The predicted molar refractivity (Wildman–Crippen MR) is 47.1 cm³/mol. The van der Waals surface area contributed by atoms with Gasteiger partial charge in [-0.2, -0.15) is 13.2 Å². The number of methoxy groups -OCH3 is 1. The average molecular weight is 211 g/mol. The fourth-order valence-electron chi connectivity index (χ4n) is 1.70. The highest BCUT2D eigenvalue weighted by Gasteiger charge is 2.34. The highest BCUT2D eigenvalue weighted by molar-refractivity contribution is 4.87. The van der Waals surface area contributed by atoms with Gasteiger partial charge in [0, 0.05) is 19.2 Å². The van der Waals surface area contributed by atoms with E-state index in [1.807, 2.05) is 0 Å². The zero-order chi connectivity index (χ0) is 10.8. The third-order valence-electron chi connectivity index (χ3n) is 2.49. The molecule has 14 heavy (non-hydrogen) atoms. The van der Waals surface area contributed by atoms with E-state index in [9.17, 15) is 13.2 Å². The van der Waals surface area contributed by atoms with E-state index in [1.165, 1.54) is 0 Å².